The molecule has 0 radical (unpaired) electrons. The third-order valence-corrected chi connectivity index (χ3v) is 7.52. The van der Waals surface area contributed by atoms with Gasteiger partial charge in [0.15, 0.2) is 17.4 Å². The minimum absolute atomic E-state index is 0. The van der Waals surface area contributed by atoms with E-state index in [0.717, 1.165) is 10.9 Å². The first kappa shape index (κ1) is 32.5. The number of phosphoric ester groups is 1. The Morgan fingerprint density at radius 3 is 2.32 bits per heavy atom. The van der Waals surface area contributed by atoms with Crippen LogP contribution in [-0.4, -0.2) is 54.7 Å². The summed E-state index contributed by atoms with van der Waals surface area (Å²) in [6, 6.07) is 0. The third-order valence-electron chi connectivity index (χ3n) is 3.86. The number of ether oxygens (including phenoxy) is 1. The van der Waals surface area contributed by atoms with E-state index in [1.54, 1.807) is 0 Å². The number of nitrogens with one attached hydrogen (secondary N) is 1. The molecule has 24 heteroatoms. The van der Waals surface area contributed by atoms with Crippen LogP contribution in [0.3, 0.4) is 0 Å². The Balaban J connectivity index is 0.00000289. The van der Waals surface area contributed by atoms with Crippen LogP contribution in [0, 0.1) is 0 Å². The first-order valence-electron chi connectivity index (χ1n) is 8.04. The number of hydrogen-bond donors (Lipinski definition) is 4. The van der Waals surface area contributed by atoms with Crippen LogP contribution in [0.1, 0.15) is 6.23 Å². The summed E-state index contributed by atoms with van der Waals surface area (Å²) in [7, 11) is -18.2. The number of aromatic amines is 1. The summed E-state index contributed by atoms with van der Waals surface area (Å²) < 4.78 is 50.0. The fraction of sp³-hybridized carbons (Fsp3) is 0.500. The Kier molecular flexibility index (Phi) is 11.3. The van der Waals surface area contributed by atoms with Gasteiger partial charge in [-0.1, -0.05) is 0 Å². The van der Waals surface area contributed by atoms with Crippen LogP contribution in [0.4, 0.5) is 5.95 Å². The first-order valence-corrected chi connectivity index (χ1v) is 12.4. The van der Waals surface area contributed by atoms with E-state index in [1.165, 1.54) is 0 Å². The predicted molar refractivity (Wildman–Crippen MR) is 89.4 cm³/mol. The zero-order valence-corrected chi connectivity index (χ0v) is 23.8. The molecule has 1 fully saturated rings. The minimum Gasteiger partial charge on any atom is -0.790 e. The van der Waals surface area contributed by atoms with Crippen molar-refractivity contribution in [1.82, 2.24) is 19.5 Å². The van der Waals surface area contributed by atoms with E-state index in [9.17, 15) is 48.3 Å². The molecule has 3 heterocycles. The van der Waals surface area contributed by atoms with Crippen molar-refractivity contribution in [2.24, 2.45) is 0 Å². The molecule has 0 spiro atoms. The van der Waals surface area contributed by atoms with Gasteiger partial charge in [0.2, 0.25) is 5.95 Å². The molecule has 6 unspecified atom stereocenters. The van der Waals surface area contributed by atoms with Gasteiger partial charge in [-0.3, -0.25) is 27.8 Å². The van der Waals surface area contributed by atoms with Crippen molar-refractivity contribution < 1.29 is 120 Å². The topological polar surface area (TPSA) is 310 Å². The van der Waals surface area contributed by atoms with Crippen LogP contribution in [0.25, 0.3) is 11.2 Å². The van der Waals surface area contributed by atoms with Gasteiger partial charge in [0, 0.05) is 0 Å². The summed E-state index contributed by atoms with van der Waals surface area (Å²) in [5.41, 5.74) is 4.40. The molecule has 19 nitrogen and oxygen atoms in total. The number of nitrogens with zero attached hydrogens (tertiary/aromatic N) is 3. The van der Waals surface area contributed by atoms with Crippen LogP contribution < -0.4 is 90.0 Å². The van der Waals surface area contributed by atoms with Crippen LogP contribution >= 0.6 is 23.5 Å². The van der Waals surface area contributed by atoms with Crippen LogP contribution in [0.5, 0.6) is 0 Å². The zero-order chi connectivity index (χ0) is 24.1. The first-order chi connectivity index (χ1) is 14.6. The number of aliphatic hydroxyl groups is 2. The number of fused-ring (bicyclic) bond motifs is 1. The molecule has 3 rings (SSSR count). The summed E-state index contributed by atoms with van der Waals surface area (Å²) in [5, 5.41) is 20.3. The van der Waals surface area contributed by atoms with Gasteiger partial charge in [-0.25, -0.2) is 9.29 Å². The summed E-state index contributed by atoms with van der Waals surface area (Å²) in [4.78, 5) is 65.0. The average Bonchev–Trinajstić information content (AvgIpc) is 3.12. The minimum atomic E-state index is -6.17. The summed E-state index contributed by atoms with van der Waals surface area (Å²) in [6.07, 6.45) is -5.61. The van der Waals surface area contributed by atoms with E-state index in [1.807, 2.05) is 0 Å². The molecule has 0 bridgehead atoms. The Labute approximate surface area is 232 Å². The number of rotatable bonds is 8. The molecule has 1 aliphatic rings. The number of aliphatic hydroxyl groups excluding tert-OH is 2. The predicted octanol–water partition coefficient (Wildman–Crippen LogP) is -10.9. The number of hydrogen-bond acceptors (Lipinski definition) is 17. The summed E-state index contributed by atoms with van der Waals surface area (Å²) >= 11 is 0. The average molecular weight is 565 g/mol. The van der Waals surface area contributed by atoms with Gasteiger partial charge in [0.25, 0.3) is 21.2 Å². The van der Waals surface area contributed by atoms with E-state index in [-0.39, 0.29) is 76.2 Å². The van der Waals surface area contributed by atoms with Gasteiger partial charge in [-0.05, 0) is 0 Å². The zero-order valence-electron chi connectivity index (χ0n) is 17.1. The molecule has 0 amide bonds. The molecule has 5 N–H and O–H groups in total. The van der Waals surface area contributed by atoms with Crippen molar-refractivity contribution in [1.29, 1.82) is 0 Å². The number of phosphoric acid groups is 3. The number of nitrogen functional groups attached to an aromatic ring is 1. The maximum Gasteiger partial charge on any atom is 1.00 e. The second kappa shape index (κ2) is 11.9. The van der Waals surface area contributed by atoms with E-state index >= 15 is 0 Å². The molecule has 180 valence electrons. The number of nitrogens with two attached hydrogens (primary N) is 1. The molecule has 2 aromatic rings. The van der Waals surface area contributed by atoms with Crippen molar-refractivity contribution in [2.45, 2.75) is 24.5 Å². The van der Waals surface area contributed by atoms with Crippen molar-refractivity contribution in [2.75, 3.05) is 12.3 Å². The molecule has 2 aromatic heterocycles. The van der Waals surface area contributed by atoms with Gasteiger partial charge in [-0.15, -0.1) is 0 Å². The van der Waals surface area contributed by atoms with Crippen LogP contribution in [0.15, 0.2) is 11.1 Å². The van der Waals surface area contributed by atoms with E-state index < -0.39 is 60.2 Å². The van der Waals surface area contributed by atoms with E-state index in [2.05, 4.69) is 28.1 Å². The molecule has 0 aromatic carbocycles. The van der Waals surface area contributed by atoms with Gasteiger partial charge in [-0.2, -0.15) is 4.98 Å². The monoisotopic (exact) mass is 565 g/mol. The van der Waals surface area contributed by atoms with Crippen LogP contribution in [0.2, 0.25) is 0 Å². The standard InChI is InChI=1S/C10H16N5O14P3.2Na/c11-10-13-7-4(8(18)14-10)12-2-15(7)9-6(17)5(16)3(27-9)1-26-31(22,23)29-32(24,25)28-30(19,20)21;;/h2-3,5-6,9,16-17H,1H2,(H,22,23)(H,24,25)(H2,19,20,21)(H3,11,13,14,18);;/q;2*+1/p-4. The number of H-pyrrole nitrogens is 1. The fourth-order valence-corrected chi connectivity index (χ4v) is 5.54. The Hall–Kier alpha value is 0.440. The SMILES string of the molecule is Nc1nc2c(ncn2C2OC(COP(=O)([O-])OP(=O)([O-])OP(=O)([O-])[O-])C(O)C2O)c(=O)[nH]1.[Na+].[Na+]. The number of imidazole rings is 1. The fourth-order valence-electron chi connectivity index (χ4n) is 2.67. The second-order valence-electron chi connectivity index (χ2n) is 6.12. The van der Waals surface area contributed by atoms with E-state index in [4.69, 9.17) is 10.5 Å². The third kappa shape index (κ3) is 7.97. The Morgan fingerprint density at radius 2 is 1.74 bits per heavy atom. The maximum absolute atomic E-state index is 11.8. The molecule has 1 aliphatic heterocycles. The smallest absolute Gasteiger partial charge is 0.790 e. The second-order valence-corrected chi connectivity index (χ2v) is 10.4. The summed E-state index contributed by atoms with van der Waals surface area (Å²) in [5.74, 6) is -0.299. The van der Waals surface area contributed by atoms with Crippen molar-refractivity contribution in [3.8, 4) is 0 Å². The van der Waals surface area contributed by atoms with Crippen LogP contribution in [-0.2, 0) is 31.6 Å². The normalized spacial score (nSPS) is 26.3. The molecular weight excluding hydrogens is 553 g/mol. The molecular formula is C10H12N5Na2O14P3-2. The van der Waals surface area contributed by atoms with Crippen molar-refractivity contribution in [3.63, 3.8) is 0 Å². The molecule has 6 atom stereocenters. The number of anilines is 1. The number of aromatic nitrogens is 4. The molecule has 0 saturated carbocycles. The quantitative estimate of drug-likeness (QED) is 0.170. The molecule has 34 heavy (non-hydrogen) atoms. The van der Waals surface area contributed by atoms with Gasteiger partial charge < -0.3 is 49.3 Å². The largest absolute Gasteiger partial charge is 1.00 e. The summed E-state index contributed by atoms with van der Waals surface area (Å²) in [6.45, 7) is -1.13. The van der Waals surface area contributed by atoms with Crippen molar-refractivity contribution >= 4 is 40.6 Å². The van der Waals surface area contributed by atoms with E-state index in [0.29, 0.717) is 0 Å². The Morgan fingerprint density at radius 1 is 1.12 bits per heavy atom. The maximum atomic E-state index is 11.8. The van der Waals surface area contributed by atoms with Crippen molar-refractivity contribution in [3.05, 3.63) is 16.7 Å². The van der Waals surface area contributed by atoms with Gasteiger partial charge >= 0.3 is 59.1 Å². The Bertz CT molecular complexity index is 1220. The van der Waals surface area contributed by atoms with Gasteiger partial charge in [0.05, 0.1) is 20.8 Å². The van der Waals surface area contributed by atoms with Gasteiger partial charge in [0.1, 0.15) is 18.3 Å². The molecule has 0 aliphatic carbocycles. The molecule has 1 saturated heterocycles.